The lowest BCUT2D eigenvalue weighted by molar-refractivity contribution is 0.0699. The van der Waals surface area contributed by atoms with E-state index in [4.69, 9.17) is 9.72 Å². The number of nitrogens with zero attached hydrogens (tertiary/aromatic N) is 2. The average molecular weight is 286 g/mol. The second-order valence-corrected chi connectivity index (χ2v) is 6.36. The summed E-state index contributed by atoms with van der Waals surface area (Å²) in [5.41, 5.74) is 1.70. The van der Waals surface area contributed by atoms with Crippen molar-refractivity contribution < 1.29 is 14.6 Å². The van der Waals surface area contributed by atoms with Gasteiger partial charge >= 0.3 is 5.97 Å². The van der Waals surface area contributed by atoms with Crippen molar-refractivity contribution in [3.8, 4) is 0 Å². The van der Waals surface area contributed by atoms with Crippen molar-refractivity contribution in [3.63, 3.8) is 0 Å². The molecule has 1 aromatic heterocycles. The van der Waals surface area contributed by atoms with Gasteiger partial charge in [0.05, 0.1) is 23.2 Å². The number of carboxylic acid groups (broad SMARTS) is 1. The highest BCUT2D eigenvalue weighted by atomic mass is 16.5. The number of hydrogen-bond donors (Lipinski definition) is 1. The lowest BCUT2D eigenvalue weighted by atomic mass is 10.00. The number of para-hydroxylation sites is 1. The summed E-state index contributed by atoms with van der Waals surface area (Å²) in [6, 6.07) is 5.41. The zero-order valence-electron chi connectivity index (χ0n) is 12.0. The van der Waals surface area contributed by atoms with E-state index in [-0.39, 0.29) is 11.1 Å². The van der Waals surface area contributed by atoms with Gasteiger partial charge in [-0.25, -0.2) is 9.78 Å². The van der Waals surface area contributed by atoms with Gasteiger partial charge in [-0.1, -0.05) is 6.07 Å². The molecule has 21 heavy (non-hydrogen) atoms. The molecule has 4 rings (SSSR count). The number of fused-ring (bicyclic) bond motifs is 1. The van der Waals surface area contributed by atoms with Gasteiger partial charge in [0.1, 0.15) is 11.3 Å². The highest BCUT2D eigenvalue weighted by molar-refractivity contribution is 6.01. The van der Waals surface area contributed by atoms with Crippen LogP contribution in [-0.4, -0.2) is 33.8 Å². The SMILES string of the molecule is CC1(n2c(C3CC3)nc3c(C(=O)O)cccc32)CCOC1. The molecule has 1 unspecified atom stereocenters. The second kappa shape index (κ2) is 4.31. The molecule has 0 amide bonds. The van der Waals surface area contributed by atoms with Crippen LogP contribution in [0.15, 0.2) is 18.2 Å². The number of benzene rings is 1. The van der Waals surface area contributed by atoms with E-state index in [9.17, 15) is 9.90 Å². The molecule has 1 aromatic carbocycles. The molecule has 1 saturated heterocycles. The van der Waals surface area contributed by atoms with Crippen LogP contribution in [0.3, 0.4) is 0 Å². The molecular weight excluding hydrogens is 268 g/mol. The number of imidazole rings is 1. The molecule has 2 aliphatic rings. The van der Waals surface area contributed by atoms with Crippen molar-refractivity contribution in [2.45, 2.75) is 37.6 Å². The molecule has 1 saturated carbocycles. The molecule has 2 heterocycles. The summed E-state index contributed by atoms with van der Waals surface area (Å²) in [7, 11) is 0. The predicted molar refractivity (Wildman–Crippen MR) is 77.8 cm³/mol. The number of aromatic nitrogens is 2. The third kappa shape index (κ3) is 1.87. The van der Waals surface area contributed by atoms with E-state index >= 15 is 0 Å². The van der Waals surface area contributed by atoms with Crippen LogP contribution >= 0.6 is 0 Å². The molecule has 2 fully saturated rings. The zero-order valence-corrected chi connectivity index (χ0v) is 12.0. The summed E-state index contributed by atoms with van der Waals surface area (Å²) in [6.45, 7) is 3.59. The lowest BCUT2D eigenvalue weighted by Crippen LogP contribution is -2.31. The third-order valence-electron chi connectivity index (χ3n) is 4.62. The average Bonchev–Trinajstić information content (AvgIpc) is 3.09. The third-order valence-corrected chi connectivity index (χ3v) is 4.62. The standard InChI is InChI=1S/C16H18N2O3/c1-16(7-8-21-9-16)18-12-4-2-3-11(15(19)20)13(12)17-14(18)10-5-6-10/h2-4,10H,5-9H2,1H3,(H,19,20). The Morgan fingerprint density at radius 2 is 2.29 bits per heavy atom. The number of aromatic carboxylic acids is 1. The molecule has 1 aliphatic carbocycles. The zero-order chi connectivity index (χ0) is 14.6. The van der Waals surface area contributed by atoms with Gasteiger partial charge in [-0.05, 0) is 38.3 Å². The maximum absolute atomic E-state index is 11.4. The van der Waals surface area contributed by atoms with Crippen LogP contribution in [0.2, 0.25) is 0 Å². The Morgan fingerprint density at radius 3 is 2.90 bits per heavy atom. The van der Waals surface area contributed by atoms with Gasteiger partial charge in [0.2, 0.25) is 0 Å². The van der Waals surface area contributed by atoms with E-state index < -0.39 is 5.97 Å². The Labute approximate surface area is 122 Å². The topological polar surface area (TPSA) is 64.4 Å². The number of carbonyl (C=O) groups is 1. The Hall–Kier alpha value is -1.88. The first-order chi connectivity index (χ1) is 10.1. The van der Waals surface area contributed by atoms with Crippen LogP contribution < -0.4 is 0 Å². The number of hydrogen-bond acceptors (Lipinski definition) is 3. The van der Waals surface area contributed by atoms with Gasteiger partial charge in [-0.15, -0.1) is 0 Å². The normalized spacial score (nSPS) is 25.6. The number of carboxylic acids is 1. The minimum atomic E-state index is -0.916. The summed E-state index contributed by atoms with van der Waals surface area (Å²) in [5.74, 6) is 0.587. The summed E-state index contributed by atoms with van der Waals surface area (Å²) in [6.07, 6.45) is 3.22. The van der Waals surface area contributed by atoms with Gasteiger partial charge in [-0.2, -0.15) is 0 Å². The van der Waals surface area contributed by atoms with E-state index in [1.165, 1.54) is 0 Å². The molecule has 0 bridgehead atoms. The first-order valence-corrected chi connectivity index (χ1v) is 7.43. The first kappa shape index (κ1) is 12.8. The summed E-state index contributed by atoms with van der Waals surface area (Å²) in [4.78, 5) is 16.2. The Bertz CT molecular complexity index is 724. The second-order valence-electron chi connectivity index (χ2n) is 6.36. The molecule has 1 N–H and O–H groups in total. The molecule has 5 heteroatoms. The molecule has 2 aromatic rings. The maximum atomic E-state index is 11.4. The van der Waals surface area contributed by atoms with Gasteiger partial charge in [0.25, 0.3) is 0 Å². The number of rotatable bonds is 3. The van der Waals surface area contributed by atoms with Crippen LogP contribution in [0.4, 0.5) is 0 Å². The Balaban J connectivity index is 2.01. The smallest absolute Gasteiger partial charge is 0.337 e. The minimum absolute atomic E-state index is 0.121. The van der Waals surface area contributed by atoms with E-state index in [1.807, 2.05) is 6.07 Å². The maximum Gasteiger partial charge on any atom is 0.337 e. The number of ether oxygens (including phenoxy) is 1. The molecule has 0 radical (unpaired) electrons. The molecule has 1 atom stereocenters. The van der Waals surface area contributed by atoms with E-state index in [1.54, 1.807) is 12.1 Å². The Kier molecular flexibility index (Phi) is 2.63. The van der Waals surface area contributed by atoms with E-state index in [2.05, 4.69) is 11.5 Å². The van der Waals surface area contributed by atoms with Gasteiger partial charge < -0.3 is 14.4 Å². The van der Waals surface area contributed by atoms with Crippen molar-refractivity contribution >= 4 is 17.0 Å². The lowest BCUT2D eigenvalue weighted by Gasteiger charge is -2.27. The van der Waals surface area contributed by atoms with Crippen molar-refractivity contribution in [1.82, 2.24) is 9.55 Å². The van der Waals surface area contributed by atoms with Crippen molar-refractivity contribution in [2.75, 3.05) is 13.2 Å². The van der Waals surface area contributed by atoms with Crippen LogP contribution in [-0.2, 0) is 10.3 Å². The predicted octanol–water partition coefficient (Wildman–Crippen LogP) is 2.75. The van der Waals surface area contributed by atoms with Gasteiger partial charge in [-0.3, -0.25) is 0 Å². The van der Waals surface area contributed by atoms with Crippen molar-refractivity contribution in [2.24, 2.45) is 0 Å². The monoisotopic (exact) mass is 286 g/mol. The quantitative estimate of drug-likeness (QED) is 0.942. The fourth-order valence-corrected chi connectivity index (χ4v) is 3.31. The molecule has 5 nitrogen and oxygen atoms in total. The first-order valence-electron chi connectivity index (χ1n) is 7.43. The largest absolute Gasteiger partial charge is 0.478 e. The summed E-state index contributed by atoms with van der Waals surface area (Å²) < 4.78 is 7.85. The fourth-order valence-electron chi connectivity index (χ4n) is 3.31. The summed E-state index contributed by atoms with van der Waals surface area (Å²) in [5, 5.41) is 9.39. The highest BCUT2D eigenvalue weighted by Crippen LogP contribution is 2.44. The molecular formula is C16H18N2O3. The Morgan fingerprint density at radius 1 is 1.48 bits per heavy atom. The van der Waals surface area contributed by atoms with E-state index in [0.717, 1.165) is 37.2 Å². The van der Waals surface area contributed by atoms with Gasteiger partial charge in [0, 0.05) is 12.5 Å². The summed E-state index contributed by atoms with van der Waals surface area (Å²) >= 11 is 0. The molecule has 0 spiro atoms. The highest BCUT2D eigenvalue weighted by Gasteiger charge is 2.39. The van der Waals surface area contributed by atoms with Crippen LogP contribution in [0.1, 0.15) is 48.3 Å². The van der Waals surface area contributed by atoms with Crippen LogP contribution in [0.25, 0.3) is 11.0 Å². The van der Waals surface area contributed by atoms with Crippen molar-refractivity contribution in [3.05, 3.63) is 29.6 Å². The van der Waals surface area contributed by atoms with Crippen LogP contribution in [0.5, 0.6) is 0 Å². The molecule has 110 valence electrons. The van der Waals surface area contributed by atoms with Crippen molar-refractivity contribution in [1.29, 1.82) is 0 Å². The van der Waals surface area contributed by atoms with E-state index in [0.29, 0.717) is 18.0 Å². The van der Waals surface area contributed by atoms with Gasteiger partial charge in [0.15, 0.2) is 0 Å². The van der Waals surface area contributed by atoms with Crippen LogP contribution in [0, 0.1) is 0 Å². The fraction of sp³-hybridized carbons (Fsp3) is 0.500. The minimum Gasteiger partial charge on any atom is -0.478 e. The molecule has 1 aliphatic heterocycles.